The van der Waals surface area contributed by atoms with E-state index in [9.17, 15) is 14.0 Å². The van der Waals surface area contributed by atoms with Crippen LogP contribution in [0.1, 0.15) is 35.7 Å². The van der Waals surface area contributed by atoms with Crippen LogP contribution < -0.4 is 0 Å². The van der Waals surface area contributed by atoms with Gasteiger partial charge in [0.1, 0.15) is 11.9 Å². The zero-order valence-corrected chi connectivity index (χ0v) is 10.9. The smallest absolute Gasteiger partial charge is 0.326 e. The van der Waals surface area contributed by atoms with Crippen molar-refractivity contribution in [1.82, 2.24) is 4.90 Å². The number of carbonyl (C=O) groups excluding carboxylic acids is 1. The van der Waals surface area contributed by atoms with Crippen LogP contribution in [-0.2, 0) is 4.79 Å². The van der Waals surface area contributed by atoms with E-state index in [4.69, 9.17) is 5.11 Å². The van der Waals surface area contributed by atoms with Crippen molar-refractivity contribution in [2.24, 2.45) is 0 Å². The molecule has 1 unspecified atom stereocenters. The Balaban J connectivity index is 2.28. The van der Waals surface area contributed by atoms with Gasteiger partial charge in [-0.2, -0.15) is 0 Å². The molecule has 1 N–H and O–H groups in total. The Bertz CT molecular complexity index is 525. The first kappa shape index (κ1) is 13.5. The van der Waals surface area contributed by atoms with Gasteiger partial charge in [0.05, 0.1) is 0 Å². The summed E-state index contributed by atoms with van der Waals surface area (Å²) in [5.41, 5.74) is 0.712. The quantitative estimate of drug-likeness (QED) is 0.908. The fourth-order valence-electron chi connectivity index (χ4n) is 2.06. The average molecular weight is 265 g/mol. The van der Waals surface area contributed by atoms with E-state index in [-0.39, 0.29) is 17.8 Å². The van der Waals surface area contributed by atoms with Crippen molar-refractivity contribution in [3.8, 4) is 0 Å². The summed E-state index contributed by atoms with van der Waals surface area (Å²) in [6.07, 6.45) is 1.65. The van der Waals surface area contributed by atoms with E-state index >= 15 is 0 Å². The lowest BCUT2D eigenvalue weighted by molar-refractivity contribution is -0.141. The van der Waals surface area contributed by atoms with Crippen molar-refractivity contribution < 1.29 is 19.1 Å². The Hall–Kier alpha value is -1.91. The van der Waals surface area contributed by atoms with Crippen molar-refractivity contribution in [2.45, 2.75) is 38.8 Å². The SMILES string of the molecule is Cc1cc(C(=O)N(C2CC2)C(C)C(=O)O)ccc1F. The molecular weight excluding hydrogens is 249 g/mol. The first-order valence-electron chi connectivity index (χ1n) is 6.23. The second-order valence-corrected chi connectivity index (χ2v) is 4.92. The van der Waals surface area contributed by atoms with Crippen LogP contribution in [0.4, 0.5) is 4.39 Å². The van der Waals surface area contributed by atoms with Gasteiger partial charge in [-0.05, 0) is 50.5 Å². The largest absolute Gasteiger partial charge is 0.480 e. The maximum Gasteiger partial charge on any atom is 0.326 e. The number of hydrogen-bond acceptors (Lipinski definition) is 2. The minimum atomic E-state index is -1.03. The van der Waals surface area contributed by atoms with Crippen molar-refractivity contribution in [1.29, 1.82) is 0 Å². The number of carbonyl (C=O) groups is 2. The molecule has 0 saturated heterocycles. The molecule has 1 aromatic carbocycles. The van der Waals surface area contributed by atoms with Crippen molar-refractivity contribution in [3.63, 3.8) is 0 Å². The highest BCUT2D eigenvalue weighted by Gasteiger charge is 2.38. The summed E-state index contributed by atoms with van der Waals surface area (Å²) in [5.74, 6) is -1.75. The van der Waals surface area contributed by atoms with Gasteiger partial charge in [0.15, 0.2) is 0 Å². The van der Waals surface area contributed by atoms with Crippen LogP contribution in [0, 0.1) is 12.7 Å². The number of rotatable bonds is 4. The Labute approximate surface area is 110 Å². The van der Waals surface area contributed by atoms with Crippen LogP contribution in [0.15, 0.2) is 18.2 Å². The Morgan fingerprint density at radius 2 is 2.05 bits per heavy atom. The highest BCUT2D eigenvalue weighted by atomic mass is 19.1. The van der Waals surface area contributed by atoms with Crippen LogP contribution in [-0.4, -0.2) is 34.0 Å². The molecule has 1 saturated carbocycles. The number of carboxylic acids is 1. The molecule has 0 heterocycles. The van der Waals surface area contributed by atoms with E-state index in [1.54, 1.807) is 6.92 Å². The van der Waals surface area contributed by atoms with Gasteiger partial charge in [0, 0.05) is 11.6 Å². The molecule has 0 bridgehead atoms. The van der Waals surface area contributed by atoms with Crippen LogP contribution >= 0.6 is 0 Å². The number of amides is 1. The second-order valence-electron chi connectivity index (χ2n) is 4.92. The molecule has 5 heteroatoms. The molecule has 0 radical (unpaired) electrons. The molecule has 19 heavy (non-hydrogen) atoms. The number of carboxylic acid groups (broad SMARTS) is 1. The molecule has 0 aliphatic heterocycles. The number of nitrogens with zero attached hydrogens (tertiary/aromatic N) is 1. The highest BCUT2D eigenvalue weighted by molar-refractivity contribution is 5.97. The molecule has 1 amide bonds. The van der Waals surface area contributed by atoms with Crippen molar-refractivity contribution in [3.05, 3.63) is 35.1 Å². The normalized spacial score (nSPS) is 15.9. The number of benzene rings is 1. The maximum atomic E-state index is 13.2. The zero-order chi connectivity index (χ0) is 14.2. The molecule has 1 fully saturated rings. The lowest BCUT2D eigenvalue weighted by Crippen LogP contribution is -2.44. The van der Waals surface area contributed by atoms with Gasteiger partial charge in [0.2, 0.25) is 0 Å². The van der Waals surface area contributed by atoms with Gasteiger partial charge in [0.25, 0.3) is 5.91 Å². The van der Waals surface area contributed by atoms with E-state index in [0.29, 0.717) is 11.1 Å². The summed E-state index contributed by atoms with van der Waals surface area (Å²) in [6, 6.07) is 3.21. The Morgan fingerprint density at radius 3 is 2.53 bits per heavy atom. The number of aliphatic carboxylic acids is 1. The molecule has 0 aromatic heterocycles. The molecule has 2 rings (SSSR count). The van der Waals surface area contributed by atoms with Gasteiger partial charge in [-0.3, -0.25) is 4.79 Å². The predicted octanol–water partition coefficient (Wildman–Crippen LogP) is 2.21. The van der Waals surface area contributed by atoms with Crippen LogP contribution in [0.3, 0.4) is 0 Å². The molecule has 1 aliphatic carbocycles. The van der Waals surface area contributed by atoms with Gasteiger partial charge in [-0.25, -0.2) is 9.18 Å². The molecule has 102 valence electrons. The summed E-state index contributed by atoms with van der Waals surface area (Å²) in [7, 11) is 0. The van der Waals surface area contributed by atoms with E-state index in [1.807, 2.05) is 0 Å². The topological polar surface area (TPSA) is 57.6 Å². The van der Waals surface area contributed by atoms with E-state index in [0.717, 1.165) is 12.8 Å². The molecule has 0 spiro atoms. The van der Waals surface area contributed by atoms with Gasteiger partial charge in [-0.1, -0.05) is 0 Å². The van der Waals surface area contributed by atoms with E-state index < -0.39 is 12.0 Å². The van der Waals surface area contributed by atoms with Crippen LogP contribution in [0.2, 0.25) is 0 Å². The van der Waals surface area contributed by atoms with Gasteiger partial charge < -0.3 is 10.0 Å². The minimum Gasteiger partial charge on any atom is -0.480 e. The molecule has 4 nitrogen and oxygen atoms in total. The number of halogens is 1. The van der Waals surface area contributed by atoms with Crippen molar-refractivity contribution >= 4 is 11.9 Å². The summed E-state index contributed by atoms with van der Waals surface area (Å²) in [6.45, 7) is 3.07. The summed E-state index contributed by atoms with van der Waals surface area (Å²) >= 11 is 0. The first-order chi connectivity index (χ1) is 8.91. The average Bonchev–Trinajstić information content (AvgIpc) is 3.17. The third kappa shape index (κ3) is 2.75. The number of hydrogen-bond donors (Lipinski definition) is 1. The fourth-order valence-corrected chi connectivity index (χ4v) is 2.06. The van der Waals surface area contributed by atoms with E-state index in [1.165, 1.54) is 30.0 Å². The van der Waals surface area contributed by atoms with Gasteiger partial charge in [-0.15, -0.1) is 0 Å². The van der Waals surface area contributed by atoms with E-state index in [2.05, 4.69) is 0 Å². The minimum absolute atomic E-state index is 0.0102. The predicted molar refractivity (Wildman–Crippen MR) is 67.4 cm³/mol. The highest BCUT2D eigenvalue weighted by Crippen LogP contribution is 2.30. The molecule has 1 aromatic rings. The zero-order valence-electron chi connectivity index (χ0n) is 10.9. The molecular formula is C14H16FNO3. The van der Waals surface area contributed by atoms with Crippen molar-refractivity contribution in [2.75, 3.05) is 0 Å². The third-order valence-corrected chi connectivity index (χ3v) is 3.35. The fraction of sp³-hybridized carbons (Fsp3) is 0.429. The van der Waals surface area contributed by atoms with Crippen LogP contribution in [0.5, 0.6) is 0 Å². The summed E-state index contributed by atoms with van der Waals surface area (Å²) < 4.78 is 13.2. The Kier molecular flexibility index (Phi) is 3.55. The summed E-state index contributed by atoms with van der Waals surface area (Å²) in [4.78, 5) is 24.8. The van der Waals surface area contributed by atoms with Gasteiger partial charge >= 0.3 is 5.97 Å². The number of aryl methyl sites for hydroxylation is 1. The monoisotopic (exact) mass is 265 g/mol. The molecule has 1 atom stereocenters. The molecule has 1 aliphatic rings. The lowest BCUT2D eigenvalue weighted by Gasteiger charge is -2.26. The second kappa shape index (κ2) is 4.99. The standard InChI is InChI=1S/C14H16FNO3/c1-8-7-10(3-6-12(8)15)13(17)16(11-4-5-11)9(2)14(18)19/h3,6-7,9,11H,4-5H2,1-2H3,(H,18,19). The maximum absolute atomic E-state index is 13.2. The summed E-state index contributed by atoms with van der Waals surface area (Å²) in [5, 5.41) is 9.07. The first-order valence-corrected chi connectivity index (χ1v) is 6.23. The lowest BCUT2D eigenvalue weighted by atomic mass is 10.1. The van der Waals surface area contributed by atoms with Crippen LogP contribution in [0.25, 0.3) is 0 Å². The third-order valence-electron chi connectivity index (χ3n) is 3.35. The Morgan fingerprint density at radius 1 is 1.42 bits per heavy atom.